The van der Waals surface area contributed by atoms with E-state index in [0.717, 1.165) is 18.4 Å². The van der Waals surface area contributed by atoms with Gasteiger partial charge in [0, 0.05) is 24.1 Å². The molecule has 1 saturated carbocycles. The molecule has 3 aromatic rings. The number of furan rings is 1. The normalized spacial score (nSPS) is 14.2. The molecule has 2 aromatic carbocycles. The van der Waals surface area contributed by atoms with Crippen LogP contribution in [0.1, 0.15) is 48.5 Å². The summed E-state index contributed by atoms with van der Waals surface area (Å²) in [6.45, 7) is 3.70. The third kappa shape index (κ3) is 4.44. The maximum atomic E-state index is 13.4. The molecule has 0 saturated heterocycles. The van der Waals surface area contributed by atoms with Crippen molar-refractivity contribution in [1.29, 1.82) is 0 Å². The van der Waals surface area contributed by atoms with E-state index in [2.05, 4.69) is 10.0 Å². The smallest absolute Gasteiger partial charge is 0.255 e. The third-order valence-corrected chi connectivity index (χ3v) is 6.89. The number of halogens is 1. The predicted octanol–water partition coefficient (Wildman–Crippen LogP) is 4.87. The van der Waals surface area contributed by atoms with E-state index in [1.165, 1.54) is 19.2 Å². The van der Waals surface area contributed by atoms with Crippen LogP contribution in [0, 0.1) is 11.7 Å². The van der Waals surface area contributed by atoms with Crippen LogP contribution in [0.2, 0.25) is 0 Å². The molecule has 2 N–H and O–H groups in total. The topological polar surface area (TPSA) is 88.4 Å². The number of benzene rings is 2. The maximum Gasteiger partial charge on any atom is 0.255 e. The Hall–Kier alpha value is -2.87. The fraction of sp³-hybridized carbons (Fsp3) is 0.348. The van der Waals surface area contributed by atoms with Crippen molar-refractivity contribution in [3.63, 3.8) is 0 Å². The Kier molecular flexibility index (Phi) is 5.51. The van der Waals surface area contributed by atoms with Gasteiger partial charge in [0.25, 0.3) is 5.91 Å². The SMILES string of the molecule is CNC(=O)c1c(-c2ccc(F)cc2)oc2cc(NS(=O)(=O)CC(C)C)c(C3CC3)cc12. The molecule has 0 aliphatic heterocycles. The molecule has 1 aliphatic rings. The van der Waals surface area contributed by atoms with E-state index in [-0.39, 0.29) is 29.3 Å². The Morgan fingerprint density at radius 3 is 2.45 bits per heavy atom. The van der Waals surface area contributed by atoms with Crippen molar-refractivity contribution >= 4 is 32.6 Å². The highest BCUT2D eigenvalue weighted by Gasteiger charge is 2.30. The average molecular weight is 445 g/mol. The highest BCUT2D eigenvalue weighted by molar-refractivity contribution is 7.92. The third-order valence-electron chi connectivity index (χ3n) is 5.26. The first-order chi connectivity index (χ1) is 14.7. The van der Waals surface area contributed by atoms with Gasteiger partial charge in [0.1, 0.15) is 17.2 Å². The number of hydrogen-bond acceptors (Lipinski definition) is 4. The first-order valence-electron chi connectivity index (χ1n) is 10.3. The summed E-state index contributed by atoms with van der Waals surface area (Å²) in [7, 11) is -1.99. The van der Waals surface area contributed by atoms with Crippen molar-refractivity contribution in [3.05, 3.63) is 53.3 Å². The Balaban J connectivity index is 1.90. The van der Waals surface area contributed by atoms with Crippen molar-refractivity contribution in [2.24, 2.45) is 5.92 Å². The van der Waals surface area contributed by atoms with E-state index in [1.54, 1.807) is 18.2 Å². The summed E-state index contributed by atoms with van der Waals surface area (Å²) in [5, 5.41) is 3.24. The van der Waals surface area contributed by atoms with Crippen LogP contribution in [0.5, 0.6) is 0 Å². The van der Waals surface area contributed by atoms with Crippen LogP contribution in [0.15, 0.2) is 40.8 Å². The maximum absolute atomic E-state index is 13.4. The molecule has 4 rings (SSSR count). The highest BCUT2D eigenvalue weighted by atomic mass is 32.2. The molecular formula is C23H25FN2O4S. The lowest BCUT2D eigenvalue weighted by atomic mass is 10.0. The van der Waals surface area contributed by atoms with Gasteiger partial charge in [-0.05, 0) is 60.6 Å². The molecular weight excluding hydrogens is 419 g/mol. The molecule has 1 heterocycles. The molecule has 6 nitrogen and oxygen atoms in total. The van der Waals surface area contributed by atoms with E-state index in [1.807, 2.05) is 19.9 Å². The summed E-state index contributed by atoms with van der Waals surface area (Å²) in [6.07, 6.45) is 1.92. The van der Waals surface area contributed by atoms with Gasteiger partial charge >= 0.3 is 0 Å². The van der Waals surface area contributed by atoms with Crippen LogP contribution in [-0.2, 0) is 10.0 Å². The van der Waals surface area contributed by atoms with Gasteiger partial charge in [0.05, 0.1) is 17.0 Å². The minimum Gasteiger partial charge on any atom is -0.455 e. The fourth-order valence-corrected chi connectivity index (χ4v) is 5.26. The van der Waals surface area contributed by atoms with Crippen molar-refractivity contribution in [2.45, 2.75) is 32.6 Å². The summed E-state index contributed by atoms with van der Waals surface area (Å²) in [6, 6.07) is 9.21. The summed E-state index contributed by atoms with van der Waals surface area (Å²) in [5.41, 5.74) is 2.65. The number of carbonyl (C=O) groups is 1. The molecule has 0 unspecified atom stereocenters. The zero-order valence-electron chi connectivity index (χ0n) is 17.7. The monoisotopic (exact) mass is 444 g/mol. The van der Waals surface area contributed by atoms with Gasteiger partial charge in [-0.25, -0.2) is 12.8 Å². The molecule has 31 heavy (non-hydrogen) atoms. The minimum atomic E-state index is -3.52. The largest absolute Gasteiger partial charge is 0.455 e. The van der Waals surface area contributed by atoms with Crippen molar-refractivity contribution in [2.75, 3.05) is 17.5 Å². The van der Waals surface area contributed by atoms with Crippen molar-refractivity contribution < 1.29 is 22.0 Å². The first-order valence-corrected chi connectivity index (χ1v) is 11.9. The van der Waals surface area contributed by atoms with E-state index >= 15 is 0 Å². The first kappa shape index (κ1) is 21.4. The Morgan fingerprint density at radius 1 is 1.19 bits per heavy atom. The van der Waals surface area contributed by atoms with E-state index in [4.69, 9.17) is 4.42 Å². The van der Waals surface area contributed by atoms with E-state index in [9.17, 15) is 17.6 Å². The van der Waals surface area contributed by atoms with Crippen LogP contribution in [0.4, 0.5) is 10.1 Å². The van der Waals surface area contributed by atoms with Gasteiger partial charge in [-0.1, -0.05) is 13.8 Å². The van der Waals surface area contributed by atoms with Gasteiger partial charge in [-0.2, -0.15) is 0 Å². The standard InChI is InChI=1S/C23H25FN2O4S/c1-13(2)12-31(28,29)26-19-11-20-18(10-17(19)14-4-5-14)21(23(27)25-3)22(30-20)15-6-8-16(24)9-7-15/h6-11,13-14,26H,4-5,12H2,1-3H3,(H,25,27). The molecule has 1 amide bonds. The Bertz CT molecular complexity index is 1240. The minimum absolute atomic E-state index is 0.0115. The molecule has 0 radical (unpaired) electrons. The summed E-state index contributed by atoms with van der Waals surface area (Å²) < 4.78 is 47.3. The second-order valence-electron chi connectivity index (χ2n) is 8.38. The number of sulfonamides is 1. The molecule has 0 bridgehead atoms. The highest BCUT2D eigenvalue weighted by Crippen LogP contribution is 2.46. The molecule has 0 spiro atoms. The zero-order valence-corrected chi connectivity index (χ0v) is 18.5. The van der Waals surface area contributed by atoms with Gasteiger partial charge in [0.2, 0.25) is 10.0 Å². The van der Waals surface area contributed by atoms with Crippen molar-refractivity contribution in [3.8, 4) is 11.3 Å². The average Bonchev–Trinajstić information content (AvgIpc) is 3.47. The number of hydrogen-bond donors (Lipinski definition) is 2. The van der Waals surface area contributed by atoms with Gasteiger partial charge in [-0.3, -0.25) is 9.52 Å². The number of rotatable bonds is 7. The van der Waals surface area contributed by atoms with Crippen LogP contribution in [0.25, 0.3) is 22.3 Å². The van der Waals surface area contributed by atoms with E-state index in [0.29, 0.717) is 33.5 Å². The quantitative estimate of drug-likeness (QED) is 0.544. The second kappa shape index (κ2) is 8.00. The summed E-state index contributed by atoms with van der Waals surface area (Å²) >= 11 is 0. The van der Waals surface area contributed by atoms with Gasteiger partial charge in [0.15, 0.2) is 0 Å². The Labute approximate surface area is 180 Å². The number of carbonyl (C=O) groups excluding carboxylic acids is 1. The van der Waals surface area contributed by atoms with Crippen LogP contribution in [-0.4, -0.2) is 27.1 Å². The lowest BCUT2D eigenvalue weighted by molar-refractivity contribution is 0.0964. The van der Waals surface area contributed by atoms with Crippen molar-refractivity contribution in [1.82, 2.24) is 5.32 Å². The Morgan fingerprint density at radius 2 is 1.87 bits per heavy atom. The number of fused-ring (bicyclic) bond motifs is 1. The van der Waals surface area contributed by atoms with Crippen LogP contribution < -0.4 is 10.0 Å². The molecule has 1 fully saturated rings. The second-order valence-corrected chi connectivity index (χ2v) is 10.1. The number of nitrogens with one attached hydrogen (secondary N) is 2. The van der Waals surface area contributed by atoms with Crippen LogP contribution in [0.3, 0.4) is 0 Å². The summed E-state index contributed by atoms with van der Waals surface area (Å²) in [4.78, 5) is 12.7. The number of anilines is 1. The molecule has 0 atom stereocenters. The molecule has 1 aliphatic carbocycles. The molecule has 1 aromatic heterocycles. The lowest BCUT2D eigenvalue weighted by Crippen LogP contribution is -2.21. The van der Waals surface area contributed by atoms with Crippen LogP contribution >= 0.6 is 0 Å². The van der Waals surface area contributed by atoms with Gasteiger partial charge < -0.3 is 9.73 Å². The van der Waals surface area contributed by atoms with Gasteiger partial charge in [-0.15, -0.1) is 0 Å². The predicted molar refractivity (Wildman–Crippen MR) is 119 cm³/mol. The molecule has 164 valence electrons. The lowest BCUT2D eigenvalue weighted by Gasteiger charge is -2.14. The number of amides is 1. The molecule has 8 heteroatoms. The fourth-order valence-electron chi connectivity index (χ4n) is 3.78. The zero-order chi connectivity index (χ0) is 22.3. The van der Waals surface area contributed by atoms with E-state index < -0.39 is 10.0 Å². The summed E-state index contributed by atoms with van der Waals surface area (Å²) in [5.74, 6) is -0.162.